The van der Waals surface area contributed by atoms with Gasteiger partial charge in [-0.3, -0.25) is 0 Å². The lowest BCUT2D eigenvalue weighted by molar-refractivity contribution is -0.139. The third-order valence-electron chi connectivity index (χ3n) is 2.21. The summed E-state index contributed by atoms with van der Waals surface area (Å²) in [5, 5.41) is 8.47. The summed E-state index contributed by atoms with van der Waals surface area (Å²) in [4.78, 5) is 14.3. The predicted molar refractivity (Wildman–Crippen MR) is 60.9 cm³/mol. The fraction of sp³-hybridized carbons (Fsp3) is 0.167. The molecule has 0 bridgehead atoms. The standard InChI is InChI=1S/C12H12N2O3/c15-12(16)8-17-11-3-1-10(2-4-11)7-14-6-5-13-9-14/h1-6,9H,7-8H2,(H,15,16). The fourth-order valence-corrected chi connectivity index (χ4v) is 1.43. The number of benzene rings is 1. The van der Waals surface area contributed by atoms with Crippen molar-refractivity contribution in [1.82, 2.24) is 9.55 Å². The van der Waals surface area contributed by atoms with E-state index in [1.54, 1.807) is 24.7 Å². The molecule has 2 rings (SSSR count). The Morgan fingerprint density at radius 1 is 1.35 bits per heavy atom. The second kappa shape index (κ2) is 5.16. The molecule has 0 fully saturated rings. The number of hydrogen-bond donors (Lipinski definition) is 1. The normalized spacial score (nSPS) is 10.1. The summed E-state index contributed by atoms with van der Waals surface area (Å²) < 4.78 is 6.99. The quantitative estimate of drug-likeness (QED) is 0.846. The average Bonchev–Trinajstić information content (AvgIpc) is 2.81. The lowest BCUT2D eigenvalue weighted by atomic mass is 10.2. The summed E-state index contributed by atoms with van der Waals surface area (Å²) in [7, 11) is 0. The van der Waals surface area contributed by atoms with Crippen LogP contribution >= 0.6 is 0 Å². The van der Waals surface area contributed by atoms with Crippen molar-refractivity contribution >= 4 is 5.97 Å². The van der Waals surface area contributed by atoms with Crippen LogP contribution in [0.2, 0.25) is 0 Å². The van der Waals surface area contributed by atoms with Gasteiger partial charge in [0, 0.05) is 18.9 Å². The fourth-order valence-electron chi connectivity index (χ4n) is 1.43. The van der Waals surface area contributed by atoms with Gasteiger partial charge in [-0.1, -0.05) is 12.1 Å². The number of rotatable bonds is 5. The summed E-state index contributed by atoms with van der Waals surface area (Å²) in [5.74, 6) is -0.422. The summed E-state index contributed by atoms with van der Waals surface area (Å²) >= 11 is 0. The van der Waals surface area contributed by atoms with E-state index in [9.17, 15) is 4.79 Å². The van der Waals surface area contributed by atoms with Gasteiger partial charge in [-0.25, -0.2) is 9.78 Å². The molecular weight excluding hydrogens is 220 g/mol. The number of carbonyl (C=O) groups is 1. The second-order valence-corrected chi connectivity index (χ2v) is 3.56. The zero-order chi connectivity index (χ0) is 12.1. The minimum absolute atomic E-state index is 0.319. The Hall–Kier alpha value is -2.30. The first-order chi connectivity index (χ1) is 8.24. The van der Waals surface area contributed by atoms with Gasteiger partial charge < -0.3 is 14.4 Å². The number of aromatic nitrogens is 2. The van der Waals surface area contributed by atoms with Crippen LogP contribution in [0.5, 0.6) is 5.75 Å². The molecule has 0 atom stereocenters. The lowest BCUT2D eigenvalue weighted by Gasteiger charge is -2.05. The zero-order valence-corrected chi connectivity index (χ0v) is 9.11. The Morgan fingerprint density at radius 2 is 2.12 bits per heavy atom. The number of aliphatic carboxylic acids is 1. The molecule has 0 aliphatic rings. The zero-order valence-electron chi connectivity index (χ0n) is 9.11. The molecule has 0 saturated heterocycles. The Bertz CT molecular complexity index is 477. The molecule has 1 N–H and O–H groups in total. The Labute approximate surface area is 98.3 Å². The minimum atomic E-state index is -0.979. The number of carboxylic acids is 1. The summed E-state index contributed by atoms with van der Waals surface area (Å²) in [5.41, 5.74) is 1.10. The molecule has 1 aromatic heterocycles. The van der Waals surface area contributed by atoms with Gasteiger partial charge in [-0.05, 0) is 17.7 Å². The summed E-state index contributed by atoms with van der Waals surface area (Å²) in [6, 6.07) is 7.32. The van der Waals surface area contributed by atoms with Gasteiger partial charge >= 0.3 is 5.97 Å². The van der Waals surface area contributed by atoms with Crippen molar-refractivity contribution in [3.05, 3.63) is 48.5 Å². The summed E-state index contributed by atoms with van der Waals surface area (Å²) in [6.45, 7) is 0.417. The van der Waals surface area contributed by atoms with Crippen molar-refractivity contribution in [2.45, 2.75) is 6.54 Å². The molecule has 0 saturated carbocycles. The van der Waals surface area contributed by atoms with Crippen molar-refractivity contribution in [3.63, 3.8) is 0 Å². The van der Waals surface area contributed by atoms with Gasteiger partial charge in [0.25, 0.3) is 0 Å². The number of carboxylic acid groups (broad SMARTS) is 1. The van der Waals surface area contributed by atoms with Gasteiger partial charge in [-0.2, -0.15) is 0 Å². The topological polar surface area (TPSA) is 64.3 Å². The Morgan fingerprint density at radius 3 is 2.71 bits per heavy atom. The highest BCUT2D eigenvalue weighted by atomic mass is 16.5. The van der Waals surface area contributed by atoms with Gasteiger partial charge in [0.1, 0.15) is 5.75 Å². The first-order valence-electron chi connectivity index (χ1n) is 5.13. The van der Waals surface area contributed by atoms with Crippen molar-refractivity contribution in [2.24, 2.45) is 0 Å². The van der Waals surface area contributed by atoms with E-state index >= 15 is 0 Å². The van der Waals surface area contributed by atoms with Crippen LogP contribution in [0.3, 0.4) is 0 Å². The Kier molecular flexibility index (Phi) is 3.40. The van der Waals surface area contributed by atoms with Crippen molar-refractivity contribution < 1.29 is 14.6 Å². The largest absolute Gasteiger partial charge is 0.482 e. The molecule has 0 spiro atoms. The molecule has 17 heavy (non-hydrogen) atoms. The molecule has 0 aliphatic carbocycles. The molecule has 0 aliphatic heterocycles. The molecule has 0 radical (unpaired) electrons. The lowest BCUT2D eigenvalue weighted by Crippen LogP contribution is -2.09. The van der Waals surface area contributed by atoms with E-state index in [-0.39, 0.29) is 6.61 Å². The van der Waals surface area contributed by atoms with Crippen molar-refractivity contribution in [2.75, 3.05) is 6.61 Å². The van der Waals surface area contributed by atoms with Crippen LogP contribution in [0.15, 0.2) is 43.0 Å². The maximum atomic E-state index is 10.3. The van der Waals surface area contributed by atoms with E-state index in [0.29, 0.717) is 5.75 Å². The van der Waals surface area contributed by atoms with Crippen LogP contribution in [0.1, 0.15) is 5.56 Å². The van der Waals surface area contributed by atoms with Gasteiger partial charge in [0.05, 0.1) is 6.33 Å². The molecule has 1 aromatic carbocycles. The monoisotopic (exact) mass is 232 g/mol. The molecule has 1 heterocycles. The number of hydrogen-bond acceptors (Lipinski definition) is 3. The van der Waals surface area contributed by atoms with E-state index < -0.39 is 5.97 Å². The molecule has 88 valence electrons. The highest BCUT2D eigenvalue weighted by Crippen LogP contribution is 2.12. The maximum absolute atomic E-state index is 10.3. The molecule has 0 unspecified atom stereocenters. The SMILES string of the molecule is O=C(O)COc1ccc(Cn2ccnc2)cc1. The van der Waals surface area contributed by atoms with E-state index in [4.69, 9.17) is 9.84 Å². The third kappa shape index (κ3) is 3.34. The molecular formula is C12H12N2O3. The highest BCUT2D eigenvalue weighted by molar-refractivity contribution is 5.68. The molecule has 0 amide bonds. The number of ether oxygens (including phenoxy) is 1. The van der Waals surface area contributed by atoms with Crippen LogP contribution in [0, 0.1) is 0 Å². The highest BCUT2D eigenvalue weighted by Gasteiger charge is 1.99. The van der Waals surface area contributed by atoms with Crippen molar-refractivity contribution in [3.8, 4) is 5.75 Å². The van der Waals surface area contributed by atoms with E-state index in [1.807, 2.05) is 22.9 Å². The van der Waals surface area contributed by atoms with Crippen LogP contribution < -0.4 is 4.74 Å². The smallest absolute Gasteiger partial charge is 0.341 e. The van der Waals surface area contributed by atoms with Crippen LogP contribution in [-0.2, 0) is 11.3 Å². The van der Waals surface area contributed by atoms with E-state index in [0.717, 1.165) is 12.1 Å². The first-order valence-corrected chi connectivity index (χ1v) is 5.13. The minimum Gasteiger partial charge on any atom is -0.482 e. The average molecular weight is 232 g/mol. The molecule has 5 nitrogen and oxygen atoms in total. The van der Waals surface area contributed by atoms with Crippen molar-refractivity contribution in [1.29, 1.82) is 0 Å². The third-order valence-corrected chi connectivity index (χ3v) is 2.21. The predicted octanol–water partition coefficient (Wildman–Crippen LogP) is 1.39. The number of imidazole rings is 1. The summed E-state index contributed by atoms with van der Waals surface area (Å²) in [6.07, 6.45) is 5.36. The van der Waals surface area contributed by atoms with Crippen LogP contribution in [0.25, 0.3) is 0 Å². The van der Waals surface area contributed by atoms with Crippen LogP contribution in [-0.4, -0.2) is 27.2 Å². The number of nitrogens with zero attached hydrogens (tertiary/aromatic N) is 2. The van der Waals surface area contributed by atoms with Gasteiger partial charge in [-0.15, -0.1) is 0 Å². The second-order valence-electron chi connectivity index (χ2n) is 3.56. The maximum Gasteiger partial charge on any atom is 0.341 e. The van der Waals surface area contributed by atoms with E-state index in [1.165, 1.54) is 0 Å². The molecule has 2 aromatic rings. The van der Waals surface area contributed by atoms with Crippen LogP contribution in [0.4, 0.5) is 0 Å². The van der Waals surface area contributed by atoms with E-state index in [2.05, 4.69) is 4.98 Å². The first kappa shape index (κ1) is 11.2. The Balaban J connectivity index is 1.95. The molecule has 5 heteroatoms. The van der Waals surface area contributed by atoms with Gasteiger partial charge in [0.2, 0.25) is 0 Å². The van der Waals surface area contributed by atoms with Gasteiger partial charge in [0.15, 0.2) is 6.61 Å².